The molecule has 1 aromatic carbocycles. The van der Waals surface area contributed by atoms with Crippen LogP contribution in [0.5, 0.6) is 0 Å². The van der Waals surface area contributed by atoms with Gasteiger partial charge in [-0.3, -0.25) is 0 Å². The van der Waals surface area contributed by atoms with E-state index in [0.717, 1.165) is 12.2 Å². The maximum atomic E-state index is 10.1. The molecule has 0 fully saturated rings. The molecule has 0 aliphatic carbocycles. The van der Waals surface area contributed by atoms with Crippen molar-refractivity contribution in [1.82, 2.24) is 0 Å². The summed E-state index contributed by atoms with van der Waals surface area (Å²) in [6.07, 6.45) is 1.85. The Morgan fingerprint density at radius 1 is 1.17 bits per heavy atom. The van der Waals surface area contributed by atoms with Crippen LogP contribution >= 0.6 is 0 Å². The molecule has 0 saturated carbocycles. The largest absolute Gasteiger partial charge is 0.386 e. The predicted octanol–water partition coefficient (Wildman–Crippen LogP) is 3.79. The molecule has 102 valence electrons. The van der Waals surface area contributed by atoms with Gasteiger partial charge in [-0.05, 0) is 42.9 Å². The highest BCUT2D eigenvalue weighted by Gasteiger charge is 2.09. The van der Waals surface area contributed by atoms with Crippen LogP contribution in [0.15, 0.2) is 18.2 Å². The van der Waals surface area contributed by atoms with Gasteiger partial charge in [0.05, 0.1) is 6.61 Å². The van der Waals surface area contributed by atoms with Crippen molar-refractivity contribution in [1.29, 1.82) is 0 Å². The minimum Gasteiger partial charge on any atom is -0.386 e. The second-order valence-corrected chi connectivity index (χ2v) is 5.29. The summed E-state index contributed by atoms with van der Waals surface area (Å²) in [6.45, 7) is 9.63. The van der Waals surface area contributed by atoms with E-state index in [9.17, 15) is 5.11 Å². The Balaban J connectivity index is 2.40. The number of hydrogen-bond donors (Lipinski definition) is 1. The summed E-state index contributed by atoms with van der Waals surface area (Å²) in [4.78, 5) is 0. The minimum atomic E-state index is -0.516. The third-order valence-corrected chi connectivity index (χ3v) is 3.38. The zero-order valence-corrected chi connectivity index (χ0v) is 12.1. The van der Waals surface area contributed by atoms with Gasteiger partial charge in [-0.25, -0.2) is 0 Å². The van der Waals surface area contributed by atoms with Gasteiger partial charge in [-0.1, -0.05) is 38.5 Å². The van der Waals surface area contributed by atoms with Crippen molar-refractivity contribution in [3.8, 4) is 0 Å². The van der Waals surface area contributed by atoms with Crippen LogP contribution < -0.4 is 0 Å². The summed E-state index contributed by atoms with van der Waals surface area (Å²) in [5, 5.41) is 10.1. The van der Waals surface area contributed by atoms with Crippen LogP contribution in [0.2, 0.25) is 0 Å². The number of ether oxygens (including phenoxy) is 1. The number of benzene rings is 1. The van der Waals surface area contributed by atoms with Crippen LogP contribution in [0.3, 0.4) is 0 Å². The lowest BCUT2D eigenvalue weighted by molar-refractivity contribution is 0.0215. The molecule has 2 unspecified atom stereocenters. The number of aryl methyl sites for hydroxylation is 2. The highest BCUT2D eigenvalue weighted by Crippen LogP contribution is 2.17. The number of aliphatic hydroxyl groups excluding tert-OH is 1. The normalized spacial score (nSPS) is 14.5. The molecule has 1 aromatic rings. The molecule has 2 heteroatoms. The smallest absolute Gasteiger partial charge is 0.102 e. The Kier molecular flexibility index (Phi) is 6.37. The van der Waals surface area contributed by atoms with Gasteiger partial charge < -0.3 is 9.84 Å². The molecule has 0 bridgehead atoms. The van der Waals surface area contributed by atoms with Gasteiger partial charge in [0.15, 0.2) is 0 Å². The topological polar surface area (TPSA) is 29.5 Å². The van der Waals surface area contributed by atoms with Crippen molar-refractivity contribution in [3.05, 3.63) is 34.9 Å². The first-order valence-corrected chi connectivity index (χ1v) is 6.87. The van der Waals surface area contributed by atoms with E-state index in [-0.39, 0.29) is 0 Å². The quantitative estimate of drug-likeness (QED) is 0.798. The lowest BCUT2D eigenvalue weighted by Crippen LogP contribution is -2.12. The van der Waals surface area contributed by atoms with E-state index >= 15 is 0 Å². The molecule has 0 spiro atoms. The summed E-state index contributed by atoms with van der Waals surface area (Å²) >= 11 is 0. The van der Waals surface area contributed by atoms with Gasteiger partial charge in [-0.15, -0.1) is 0 Å². The molecule has 2 atom stereocenters. The number of rotatable bonds is 7. The zero-order chi connectivity index (χ0) is 13.5. The second kappa shape index (κ2) is 7.55. The van der Waals surface area contributed by atoms with Gasteiger partial charge in [0.1, 0.15) is 6.10 Å². The Morgan fingerprint density at radius 3 is 2.50 bits per heavy atom. The number of hydrogen-bond acceptors (Lipinski definition) is 2. The maximum absolute atomic E-state index is 10.1. The van der Waals surface area contributed by atoms with Gasteiger partial charge >= 0.3 is 0 Å². The van der Waals surface area contributed by atoms with Crippen molar-refractivity contribution >= 4 is 0 Å². The average Bonchev–Trinajstić information content (AvgIpc) is 2.33. The third-order valence-electron chi connectivity index (χ3n) is 3.38. The predicted molar refractivity (Wildman–Crippen MR) is 75.8 cm³/mol. The van der Waals surface area contributed by atoms with Crippen LogP contribution in [0, 0.1) is 19.8 Å². The monoisotopic (exact) mass is 250 g/mol. The molecule has 18 heavy (non-hydrogen) atoms. The van der Waals surface area contributed by atoms with Crippen molar-refractivity contribution in [2.75, 3.05) is 13.2 Å². The number of aliphatic hydroxyl groups is 1. The van der Waals surface area contributed by atoms with E-state index in [4.69, 9.17) is 4.74 Å². The molecule has 1 rings (SSSR count). The van der Waals surface area contributed by atoms with E-state index in [1.807, 2.05) is 18.2 Å². The van der Waals surface area contributed by atoms with E-state index in [0.29, 0.717) is 12.5 Å². The molecular formula is C16H26O2. The van der Waals surface area contributed by atoms with Crippen molar-refractivity contribution in [2.45, 2.75) is 46.6 Å². The standard InChI is InChI=1S/C16H26O2/c1-5-6-12(2)10-18-11-16(17)15-8-7-13(3)14(4)9-15/h7-9,12,16-17H,5-6,10-11H2,1-4H3. The molecule has 0 aliphatic heterocycles. The lowest BCUT2D eigenvalue weighted by atomic mass is 10.0. The first kappa shape index (κ1) is 15.2. The molecule has 0 amide bonds. The molecule has 0 saturated heterocycles. The fourth-order valence-corrected chi connectivity index (χ4v) is 2.03. The Hall–Kier alpha value is -0.860. The second-order valence-electron chi connectivity index (χ2n) is 5.29. The summed E-state index contributed by atoms with van der Waals surface area (Å²) in [6, 6.07) is 6.07. The molecule has 2 nitrogen and oxygen atoms in total. The maximum Gasteiger partial charge on any atom is 0.102 e. The fraction of sp³-hybridized carbons (Fsp3) is 0.625. The van der Waals surface area contributed by atoms with Crippen molar-refractivity contribution in [3.63, 3.8) is 0 Å². The van der Waals surface area contributed by atoms with Crippen LogP contribution in [-0.4, -0.2) is 18.3 Å². The summed E-state index contributed by atoms with van der Waals surface area (Å²) in [7, 11) is 0. The van der Waals surface area contributed by atoms with Crippen molar-refractivity contribution < 1.29 is 9.84 Å². The molecule has 0 radical (unpaired) electrons. The van der Waals surface area contributed by atoms with Gasteiger partial charge in [0, 0.05) is 6.61 Å². The van der Waals surface area contributed by atoms with Crippen LogP contribution in [0.25, 0.3) is 0 Å². The Bertz CT molecular complexity index is 360. The molecule has 0 heterocycles. The first-order valence-electron chi connectivity index (χ1n) is 6.87. The zero-order valence-electron chi connectivity index (χ0n) is 12.1. The van der Waals surface area contributed by atoms with E-state index in [1.165, 1.54) is 24.0 Å². The van der Waals surface area contributed by atoms with Crippen LogP contribution in [0.4, 0.5) is 0 Å². The third kappa shape index (κ3) is 4.79. The Labute approximate surface area is 111 Å². The van der Waals surface area contributed by atoms with Gasteiger partial charge in [0.2, 0.25) is 0 Å². The van der Waals surface area contributed by atoms with Crippen LogP contribution in [0.1, 0.15) is 49.5 Å². The summed E-state index contributed by atoms with van der Waals surface area (Å²) in [5.41, 5.74) is 3.41. The molecule has 1 N–H and O–H groups in total. The van der Waals surface area contributed by atoms with Gasteiger partial charge in [0.25, 0.3) is 0 Å². The van der Waals surface area contributed by atoms with E-state index < -0.39 is 6.10 Å². The minimum absolute atomic E-state index is 0.385. The van der Waals surface area contributed by atoms with Crippen molar-refractivity contribution in [2.24, 2.45) is 5.92 Å². The molecule has 0 aliphatic rings. The average molecular weight is 250 g/mol. The molecule has 0 aromatic heterocycles. The fourth-order valence-electron chi connectivity index (χ4n) is 2.03. The van der Waals surface area contributed by atoms with E-state index in [1.54, 1.807) is 0 Å². The Morgan fingerprint density at radius 2 is 1.89 bits per heavy atom. The van der Waals surface area contributed by atoms with E-state index in [2.05, 4.69) is 27.7 Å². The molecular weight excluding hydrogens is 224 g/mol. The summed E-state index contributed by atoms with van der Waals surface area (Å²) in [5.74, 6) is 0.571. The SMILES string of the molecule is CCCC(C)COCC(O)c1ccc(C)c(C)c1. The highest BCUT2D eigenvalue weighted by molar-refractivity contribution is 5.31. The van der Waals surface area contributed by atoms with Crippen LogP contribution in [-0.2, 0) is 4.74 Å². The first-order chi connectivity index (χ1) is 8.54. The van der Waals surface area contributed by atoms with Gasteiger partial charge in [-0.2, -0.15) is 0 Å². The lowest BCUT2D eigenvalue weighted by Gasteiger charge is -2.15. The summed E-state index contributed by atoms with van der Waals surface area (Å²) < 4.78 is 5.58. The highest BCUT2D eigenvalue weighted by atomic mass is 16.5.